The Morgan fingerprint density at radius 3 is 2.50 bits per heavy atom. The molecule has 18 heavy (non-hydrogen) atoms. The number of hydrogen-bond donors (Lipinski definition) is 0. The second kappa shape index (κ2) is 5.31. The van der Waals surface area contributed by atoms with E-state index < -0.39 is 23.2 Å². The summed E-state index contributed by atoms with van der Waals surface area (Å²) in [5, 5.41) is 8.77. The first-order chi connectivity index (χ1) is 8.28. The van der Waals surface area contributed by atoms with Crippen LogP contribution in [0, 0.1) is 18.3 Å². The number of nitriles is 1. The minimum Gasteiger partial charge on any atom is -0.465 e. The third kappa shape index (κ3) is 3.40. The van der Waals surface area contributed by atoms with Crippen molar-refractivity contribution < 1.29 is 22.7 Å². The lowest BCUT2D eigenvalue weighted by Crippen LogP contribution is -2.08. The minimum atomic E-state index is -4.54. The van der Waals surface area contributed by atoms with Gasteiger partial charge < -0.3 is 4.74 Å². The fraction of sp³-hybridized carbons (Fsp3) is 0.273. The van der Waals surface area contributed by atoms with E-state index in [0.29, 0.717) is 5.56 Å². The van der Waals surface area contributed by atoms with Crippen molar-refractivity contribution in [1.29, 1.82) is 5.26 Å². The number of hydrogen-bond acceptors (Lipinski definition) is 4. The Labute approximate surface area is 106 Å². The summed E-state index contributed by atoms with van der Waals surface area (Å²) in [7, 11) is 1.08. The molecule has 96 valence electrons. The van der Waals surface area contributed by atoms with E-state index in [-0.39, 0.29) is 16.0 Å². The van der Waals surface area contributed by atoms with Crippen LogP contribution in [0.5, 0.6) is 0 Å². The molecule has 0 aliphatic carbocycles. The van der Waals surface area contributed by atoms with Crippen LogP contribution in [-0.4, -0.2) is 18.6 Å². The molecule has 0 spiro atoms. The van der Waals surface area contributed by atoms with Gasteiger partial charge in [0, 0.05) is 4.90 Å². The number of ether oxygens (including phenoxy) is 1. The van der Waals surface area contributed by atoms with Crippen molar-refractivity contribution in [2.24, 2.45) is 0 Å². The van der Waals surface area contributed by atoms with Gasteiger partial charge in [0.15, 0.2) is 0 Å². The number of nitrogens with zero attached hydrogens (tertiary/aromatic N) is 1. The normalized spacial score (nSPS) is 10.9. The highest BCUT2D eigenvalue weighted by molar-refractivity contribution is 8.00. The molecular weight excluding hydrogens is 267 g/mol. The first-order valence-corrected chi connectivity index (χ1v) is 5.49. The van der Waals surface area contributed by atoms with Gasteiger partial charge in [-0.2, -0.15) is 18.4 Å². The Morgan fingerprint density at radius 2 is 2.06 bits per heavy atom. The third-order valence-corrected chi connectivity index (χ3v) is 2.87. The third-order valence-electron chi connectivity index (χ3n) is 2.08. The summed E-state index contributed by atoms with van der Waals surface area (Å²) in [6, 6.07) is 4.03. The van der Waals surface area contributed by atoms with Crippen molar-refractivity contribution >= 4 is 17.7 Å². The number of rotatable bonds is 2. The molecule has 0 heterocycles. The maximum absolute atomic E-state index is 12.4. The van der Waals surface area contributed by atoms with Gasteiger partial charge in [-0.1, -0.05) is 0 Å². The van der Waals surface area contributed by atoms with Crippen molar-refractivity contribution in [2.45, 2.75) is 17.3 Å². The molecule has 0 fully saturated rings. The van der Waals surface area contributed by atoms with E-state index in [0.717, 1.165) is 13.2 Å². The zero-order valence-corrected chi connectivity index (χ0v) is 10.3. The number of halogens is 3. The molecule has 1 aromatic carbocycles. The van der Waals surface area contributed by atoms with Crippen molar-refractivity contribution in [3.8, 4) is 6.07 Å². The van der Waals surface area contributed by atoms with Gasteiger partial charge >= 0.3 is 11.5 Å². The highest BCUT2D eigenvalue weighted by Gasteiger charge is 2.32. The highest BCUT2D eigenvalue weighted by atomic mass is 32.2. The monoisotopic (exact) mass is 275 g/mol. The van der Waals surface area contributed by atoms with Crippen molar-refractivity contribution in [1.82, 2.24) is 0 Å². The number of thioether (sulfide) groups is 1. The van der Waals surface area contributed by atoms with Crippen LogP contribution in [0.2, 0.25) is 0 Å². The average molecular weight is 275 g/mol. The van der Waals surface area contributed by atoms with E-state index in [4.69, 9.17) is 5.26 Å². The molecule has 7 heteroatoms. The summed E-state index contributed by atoms with van der Waals surface area (Å²) in [6.45, 7) is 1.53. The van der Waals surface area contributed by atoms with Gasteiger partial charge in [0.1, 0.15) is 0 Å². The van der Waals surface area contributed by atoms with E-state index in [1.165, 1.54) is 13.0 Å². The van der Waals surface area contributed by atoms with Gasteiger partial charge in [0.2, 0.25) is 0 Å². The number of methoxy groups -OCH3 is 1. The van der Waals surface area contributed by atoms with Gasteiger partial charge in [-0.05, 0) is 36.4 Å². The molecule has 0 aromatic heterocycles. The molecule has 1 rings (SSSR count). The second-order valence-electron chi connectivity index (χ2n) is 3.31. The van der Waals surface area contributed by atoms with Crippen LogP contribution in [-0.2, 0) is 4.74 Å². The van der Waals surface area contributed by atoms with E-state index in [2.05, 4.69) is 4.74 Å². The topological polar surface area (TPSA) is 50.1 Å². The largest absolute Gasteiger partial charge is 0.465 e. The quantitative estimate of drug-likeness (QED) is 0.614. The van der Waals surface area contributed by atoms with Gasteiger partial charge in [-0.15, -0.1) is 0 Å². The number of esters is 1. The van der Waals surface area contributed by atoms with E-state index in [1.807, 2.05) is 0 Å². The molecule has 0 amide bonds. The minimum absolute atomic E-state index is 0.0920. The maximum atomic E-state index is 12.4. The second-order valence-corrected chi connectivity index (χ2v) is 4.42. The molecule has 0 N–H and O–H groups in total. The van der Waals surface area contributed by atoms with Crippen LogP contribution in [0.4, 0.5) is 13.2 Å². The number of aryl methyl sites for hydroxylation is 1. The molecule has 0 radical (unpaired) electrons. The summed E-state index contributed by atoms with van der Waals surface area (Å²) in [5.41, 5.74) is -4.22. The first kappa shape index (κ1) is 14.4. The number of carbonyl (C=O) groups is 1. The zero-order chi connectivity index (χ0) is 13.9. The summed E-state index contributed by atoms with van der Waals surface area (Å²) in [4.78, 5) is 11.0. The van der Waals surface area contributed by atoms with E-state index in [9.17, 15) is 18.0 Å². The van der Waals surface area contributed by atoms with Crippen LogP contribution in [0.25, 0.3) is 0 Å². The molecule has 0 saturated heterocycles. The van der Waals surface area contributed by atoms with Gasteiger partial charge in [-0.3, -0.25) is 0 Å². The summed E-state index contributed by atoms with van der Waals surface area (Å²) < 4.78 is 41.5. The SMILES string of the molecule is COC(=O)c1cc(C)c(C#N)cc1SC(F)(F)F. The van der Waals surface area contributed by atoms with Crippen LogP contribution in [0.1, 0.15) is 21.5 Å². The van der Waals surface area contributed by atoms with E-state index in [1.54, 1.807) is 6.07 Å². The smallest absolute Gasteiger partial charge is 0.446 e. The standard InChI is InChI=1S/C11H8F3NO2S/c1-6-3-8(10(16)17-2)9(4-7(6)5-15)18-11(12,13)14/h3-4H,1-2H3. The Hall–Kier alpha value is -1.68. The lowest BCUT2D eigenvalue weighted by Gasteiger charge is -2.11. The molecule has 0 atom stereocenters. The van der Waals surface area contributed by atoms with Gasteiger partial charge in [0.05, 0.1) is 24.3 Å². The van der Waals surface area contributed by atoms with Crippen molar-refractivity contribution in [2.75, 3.05) is 7.11 Å². The lowest BCUT2D eigenvalue weighted by molar-refractivity contribution is -0.0328. The predicted octanol–water partition coefficient (Wildman–Crippen LogP) is 3.27. The Kier molecular flexibility index (Phi) is 4.24. The Morgan fingerprint density at radius 1 is 1.44 bits per heavy atom. The van der Waals surface area contributed by atoms with Crippen LogP contribution >= 0.6 is 11.8 Å². The molecule has 3 nitrogen and oxygen atoms in total. The average Bonchev–Trinajstić information content (AvgIpc) is 2.28. The van der Waals surface area contributed by atoms with Crippen molar-refractivity contribution in [3.63, 3.8) is 0 Å². The Bertz CT molecular complexity index is 520. The molecule has 1 aromatic rings. The van der Waals surface area contributed by atoms with Gasteiger partial charge in [0.25, 0.3) is 0 Å². The molecule has 0 unspecified atom stereocenters. The first-order valence-electron chi connectivity index (χ1n) is 4.67. The summed E-state index contributed by atoms with van der Waals surface area (Å²) in [5.74, 6) is -0.866. The number of carbonyl (C=O) groups excluding carboxylic acids is 1. The maximum Gasteiger partial charge on any atom is 0.446 e. The van der Waals surface area contributed by atoms with Crippen LogP contribution in [0.15, 0.2) is 17.0 Å². The number of benzene rings is 1. The van der Waals surface area contributed by atoms with Gasteiger partial charge in [-0.25, -0.2) is 4.79 Å². The fourth-order valence-corrected chi connectivity index (χ4v) is 1.97. The van der Waals surface area contributed by atoms with E-state index >= 15 is 0 Å². The lowest BCUT2D eigenvalue weighted by atomic mass is 10.1. The van der Waals surface area contributed by atoms with Crippen LogP contribution < -0.4 is 0 Å². The Balaban J connectivity index is 3.36. The molecule has 0 aliphatic rings. The van der Waals surface area contributed by atoms with Crippen LogP contribution in [0.3, 0.4) is 0 Å². The molecular formula is C11H8F3NO2S. The number of alkyl halides is 3. The summed E-state index contributed by atoms with van der Waals surface area (Å²) >= 11 is -0.443. The zero-order valence-electron chi connectivity index (χ0n) is 9.46. The van der Waals surface area contributed by atoms with Crippen molar-refractivity contribution in [3.05, 3.63) is 28.8 Å². The summed E-state index contributed by atoms with van der Waals surface area (Å²) in [6.07, 6.45) is 0. The fourth-order valence-electron chi connectivity index (χ4n) is 1.29. The molecule has 0 bridgehead atoms. The highest BCUT2D eigenvalue weighted by Crippen LogP contribution is 2.39. The molecule has 0 aliphatic heterocycles. The molecule has 0 saturated carbocycles. The predicted molar refractivity (Wildman–Crippen MR) is 59.1 cm³/mol.